The Bertz CT molecular complexity index is 350. The van der Waals surface area contributed by atoms with Crippen LogP contribution in [0.2, 0.25) is 0 Å². The Labute approximate surface area is 83.3 Å². The third kappa shape index (κ3) is 3.35. The summed E-state index contributed by atoms with van der Waals surface area (Å²) < 4.78 is 0. The lowest BCUT2D eigenvalue weighted by atomic mass is 10.1. The van der Waals surface area contributed by atoms with Crippen molar-refractivity contribution >= 4 is 17.6 Å². The van der Waals surface area contributed by atoms with Crippen molar-refractivity contribution in [1.82, 2.24) is 0 Å². The number of rotatable bonds is 4. The lowest BCUT2D eigenvalue weighted by molar-refractivity contribution is -0.134. The molecule has 0 radical (unpaired) electrons. The molecule has 0 unspecified atom stereocenters. The number of hydrogen-bond donors (Lipinski definition) is 0. The van der Waals surface area contributed by atoms with Crippen LogP contribution in [0, 0.1) is 0 Å². The van der Waals surface area contributed by atoms with Crippen molar-refractivity contribution in [3.05, 3.63) is 42.0 Å². The van der Waals surface area contributed by atoms with Crippen LogP contribution in [0.3, 0.4) is 0 Å². The van der Waals surface area contributed by atoms with Gasteiger partial charge in [-0.3, -0.25) is 9.59 Å². The average Bonchev–Trinajstić information content (AvgIpc) is 2.19. The number of carbonyl (C=O) groups excluding carboxylic acids is 2. The molecule has 0 saturated carbocycles. The first kappa shape index (κ1) is 10.4. The monoisotopic (exact) mass is 188 g/mol. The second kappa shape index (κ2) is 5.12. The van der Waals surface area contributed by atoms with Gasteiger partial charge in [-0.2, -0.15) is 0 Å². The Hall–Kier alpha value is -1.70. The van der Waals surface area contributed by atoms with Crippen LogP contribution >= 0.6 is 0 Å². The maximum absolute atomic E-state index is 10.9. The average molecular weight is 188 g/mol. The zero-order valence-electron chi connectivity index (χ0n) is 8.07. The van der Waals surface area contributed by atoms with Crippen molar-refractivity contribution in [2.75, 3.05) is 0 Å². The maximum Gasteiger partial charge on any atom is 0.201 e. The molecular formula is C12H12O2. The van der Waals surface area contributed by atoms with E-state index in [9.17, 15) is 9.59 Å². The molecule has 0 N–H and O–H groups in total. The molecule has 0 fully saturated rings. The van der Waals surface area contributed by atoms with Crippen molar-refractivity contribution in [2.24, 2.45) is 0 Å². The molecular weight excluding hydrogens is 176 g/mol. The minimum absolute atomic E-state index is 0.185. The van der Waals surface area contributed by atoms with E-state index in [0.717, 1.165) is 5.56 Å². The molecule has 14 heavy (non-hydrogen) atoms. The molecule has 2 heteroatoms. The molecule has 72 valence electrons. The number of allylic oxidation sites excluding steroid dienone is 1. The topological polar surface area (TPSA) is 34.1 Å². The van der Waals surface area contributed by atoms with Crippen LogP contribution in [0.5, 0.6) is 0 Å². The van der Waals surface area contributed by atoms with E-state index in [1.165, 1.54) is 6.92 Å². The van der Waals surface area contributed by atoms with Gasteiger partial charge in [-0.1, -0.05) is 42.5 Å². The Morgan fingerprint density at radius 3 is 2.43 bits per heavy atom. The Balaban J connectivity index is 2.50. The number of benzene rings is 1. The largest absolute Gasteiger partial charge is 0.291 e. The smallest absolute Gasteiger partial charge is 0.201 e. The highest BCUT2D eigenvalue weighted by Gasteiger charge is 2.03. The van der Waals surface area contributed by atoms with E-state index in [1.807, 2.05) is 36.4 Å². The van der Waals surface area contributed by atoms with Crippen molar-refractivity contribution in [3.8, 4) is 0 Å². The van der Waals surface area contributed by atoms with Gasteiger partial charge in [0.25, 0.3) is 0 Å². The molecule has 1 aromatic carbocycles. The Morgan fingerprint density at radius 1 is 1.21 bits per heavy atom. The van der Waals surface area contributed by atoms with Gasteiger partial charge in [0, 0.05) is 13.3 Å². The molecule has 0 aliphatic carbocycles. The highest BCUT2D eigenvalue weighted by atomic mass is 16.2. The fourth-order valence-electron chi connectivity index (χ4n) is 1.01. The number of hydrogen-bond acceptors (Lipinski definition) is 2. The predicted octanol–water partition coefficient (Wildman–Crippen LogP) is 2.25. The third-order valence-electron chi connectivity index (χ3n) is 1.81. The van der Waals surface area contributed by atoms with Gasteiger partial charge in [0.2, 0.25) is 5.78 Å². The van der Waals surface area contributed by atoms with Crippen LogP contribution in [-0.4, -0.2) is 11.6 Å². The van der Waals surface area contributed by atoms with Gasteiger partial charge >= 0.3 is 0 Å². The summed E-state index contributed by atoms with van der Waals surface area (Å²) in [5, 5.41) is 0. The van der Waals surface area contributed by atoms with E-state index in [2.05, 4.69) is 0 Å². The number of carbonyl (C=O) groups is 2. The van der Waals surface area contributed by atoms with Crippen molar-refractivity contribution in [1.29, 1.82) is 0 Å². The summed E-state index contributed by atoms with van der Waals surface area (Å²) >= 11 is 0. The summed E-state index contributed by atoms with van der Waals surface area (Å²) in [6.07, 6.45) is 3.73. The quantitative estimate of drug-likeness (QED) is 0.679. The minimum atomic E-state index is -0.386. The molecule has 0 aromatic heterocycles. The van der Waals surface area contributed by atoms with Gasteiger partial charge in [0.1, 0.15) is 0 Å². The number of ketones is 2. The summed E-state index contributed by atoms with van der Waals surface area (Å²) in [4.78, 5) is 21.5. The molecule has 0 heterocycles. The summed E-state index contributed by atoms with van der Waals surface area (Å²) in [5.74, 6) is -0.736. The van der Waals surface area contributed by atoms with E-state index in [-0.39, 0.29) is 18.0 Å². The second-order valence-electron chi connectivity index (χ2n) is 3.00. The van der Waals surface area contributed by atoms with Crippen LogP contribution in [-0.2, 0) is 9.59 Å². The van der Waals surface area contributed by atoms with Crippen molar-refractivity contribution in [3.63, 3.8) is 0 Å². The molecule has 0 spiro atoms. The van der Waals surface area contributed by atoms with Gasteiger partial charge in [0.15, 0.2) is 5.78 Å². The normalized spacial score (nSPS) is 10.4. The fourth-order valence-corrected chi connectivity index (χ4v) is 1.01. The maximum atomic E-state index is 10.9. The zero-order chi connectivity index (χ0) is 10.4. The van der Waals surface area contributed by atoms with Gasteiger partial charge in [0.05, 0.1) is 0 Å². The standard InChI is InChI=1S/C12H12O2/c1-10(13)12(14)9-5-8-11-6-3-2-4-7-11/h2-8H,9H2,1H3. The van der Waals surface area contributed by atoms with Crippen molar-refractivity contribution in [2.45, 2.75) is 13.3 Å². The van der Waals surface area contributed by atoms with E-state index < -0.39 is 0 Å². The fraction of sp³-hybridized carbons (Fsp3) is 0.167. The summed E-state index contributed by atoms with van der Waals surface area (Å²) in [5.41, 5.74) is 1.03. The Morgan fingerprint density at radius 2 is 1.86 bits per heavy atom. The van der Waals surface area contributed by atoms with E-state index in [1.54, 1.807) is 6.08 Å². The van der Waals surface area contributed by atoms with Crippen LogP contribution in [0.1, 0.15) is 18.9 Å². The summed E-state index contributed by atoms with van der Waals surface area (Å²) in [6, 6.07) is 9.65. The number of Topliss-reactive ketones (excluding diaryl/α,β-unsaturated/α-hetero) is 2. The molecule has 2 nitrogen and oxygen atoms in total. The van der Waals surface area contributed by atoms with Gasteiger partial charge in [-0.25, -0.2) is 0 Å². The van der Waals surface area contributed by atoms with Gasteiger partial charge < -0.3 is 0 Å². The summed E-state index contributed by atoms with van der Waals surface area (Å²) in [6.45, 7) is 1.29. The first-order valence-corrected chi connectivity index (χ1v) is 4.45. The Kier molecular flexibility index (Phi) is 3.80. The molecule has 0 aliphatic heterocycles. The van der Waals surface area contributed by atoms with Crippen LogP contribution in [0.25, 0.3) is 6.08 Å². The highest BCUT2D eigenvalue weighted by molar-refractivity contribution is 6.36. The van der Waals surface area contributed by atoms with Crippen molar-refractivity contribution < 1.29 is 9.59 Å². The van der Waals surface area contributed by atoms with Gasteiger partial charge in [-0.05, 0) is 5.56 Å². The predicted molar refractivity (Wildman–Crippen MR) is 55.8 cm³/mol. The second-order valence-corrected chi connectivity index (χ2v) is 3.00. The SMILES string of the molecule is CC(=O)C(=O)CC=Cc1ccccc1. The van der Waals surface area contributed by atoms with Crippen LogP contribution in [0.4, 0.5) is 0 Å². The van der Waals surface area contributed by atoms with E-state index in [0.29, 0.717) is 0 Å². The molecule has 1 aromatic rings. The van der Waals surface area contributed by atoms with Crippen LogP contribution in [0.15, 0.2) is 36.4 Å². The first-order valence-electron chi connectivity index (χ1n) is 4.45. The lowest BCUT2D eigenvalue weighted by Gasteiger charge is -1.91. The molecule has 1 rings (SSSR count). The molecule has 0 amide bonds. The lowest BCUT2D eigenvalue weighted by Crippen LogP contribution is -2.06. The van der Waals surface area contributed by atoms with E-state index >= 15 is 0 Å². The molecule has 0 aliphatic rings. The summed E-state index contributed by atoms with van der Waals surface area (Å²) in [7, 11) is 0. The van der Waals surface area contributed by atoms with Gasteiger partial charge in [-0.15, -0.1) is 0 Å². The third-order valence-corrected chi connectivity index (χ3v) is 1.81. The molecule has 0 atom stereocenters. The minimum Gasteiger partial charge on any atom is -0.291 e. The van der Waals surface area contributed by atoms with Crippen LogP contribution < -0.4 is 0 Å². The molecule has 0 saturated heterocycles. The van der Waals surface area contributed by atoms with E-state index in [4.69, 9.17) is 0 Å². The highest BCUT2D eigenvalue weighted by Crippen LogP contribution is 2.01. The zero-order valence-corrected chi connectivity index (χ0v) is 8.07. The first-order chi connectivity index (χ1) is 6.70. The molecule has 0 bridgehead atoms.